The largest absolute Gasteiger partial charge is 0.480 e. The number of carboxylic acids is 1. The van der Waals surface area contributed by atoms with Crippen molar-refractivity contribution in [3.05, 3.63) is 121 Å². The predicted octanol–water partition coefficient (Wildman–Crippen LogP) is 6.01. The highest BCUT2D eigenvalue weighted by molar-refractivity contribution is 7.73. The molecule has 222 valence electrons. The number of fused-ring (bicyclic) bond motifs is 2. The average molecular weight is 611 g/mol. The van der Waals surface area contributed by atoms with Crippen LogP contribution in [0.2, 0.25) is 0 Å². The Kier molecular flexibility index (Phi) is 10.3. The first-order valence-electron chi connectivity index (χ1n) is 15.4. The molecule has 2 aliphatic rings. The van der Waals surface area contributed by atoms with Gasteiger partial charge in [0.05, 0.1) is 19.3 Å². The van der Waals surface area contributed by atoms with Crippen molar-refractivity contribution in [3.8, 4) is 0 Å². The van der Waals surface area contributed by atoms with Crippen LogP contribution < -0.4 is 21.2 Å². The molecule has 6 heteroatoms. The van der Waals surface area contributed by atoms with E-state index in [2.05, 4.69) is 121 Å². The molecule has 4 aromatic rings. The Morgan fingerprint density at radius 2 is 0.977 bits per heavy atom. The molecule has 0 aliphatic heterocycles. The molecular formula is C37H40O4P2. The zero-order valence-corrected chi connectivity index (χ0v) is 26.2. The fraction of sp³-hybridized carbons (Fsp3) is 0.324. The number of benzene rings is 4. The van der Waals surface area contributed by atoms with Gasteiger partial charge in [-0.3, -0.25) is 0 Å². The van der Waals surface area contributed by atoms with Crippen LogP contribution in [-0.2, 0) is 14.3 Å². The standard InChI is InChI=1S/C37H40O4P2/c38-36(39)25-40-23-24-41-37-32-21-22-33(37)35(27-43(30-17-9-3-10-18-30)31-19-11-4-12-20-31)34(32)26-42(28-13-5-1-6-14-28)29-15-7-2-8-16-29/h1-20,32-35,37H,21-27H2,(H,38,39)/t32-,33+,34-,35-,37?/m1/s1. The van der Waals surface area contributed by atoms with E-state index in [9.17, 15) is 4.79 Å². The molecule has 2 bridgehead atoms. The fourth-order valence-corrected chi connectivity index (χ4v) is 12.8. The maximum Gasteiger partial charge on any atom is 0.329 e. The van der Waals surface area contributed by atoms with Crippen molar-refractivity contribution in [2.75, 3.05) is 32.1 Å². The number of hydrogen-bond donors (Lipinski definition) is 1. The molecule has 2 saturated carbocycles. The maximum absolute atomic E-state index is 10.9. The second-order valence-electron chi connectivity index (χ2n) is 11.6. The quantitative estimate of drug-likeness (QED) is 0.140. The van der Waals surface area contributed by atoms with Crippen molar-refractivity contribution in [2.45, 2.75) is 18.9 Å². The van der Waals surface area contributed by atoms with E-state index in [1.807, 2.05) is 0 Å². The molecule has 2 fully saturated rings. The third-order valence-corrected chi connectivity index (χ3v) is 14.4. The minimum atomic E-state index is -0.938. The van der Waals surface area contributed by atoms with Gasteiger partial charge in [0.1, 0.15) is 6.61 Å². The Hall–Kier alpha value is -2.87. The summed E-state index contributed by atoms with van der Waals surface area (Å²) in [6.45, 7) is 0.491. The van der Waals surface area contributed by atoms with Gasteiger partial charge < -0.3 is 14.6 Å². The lowest BCUT2D eigenvalue weighted by atomic mass is 9.81. The van der Waals surface area contributed by atoms with E-state index >= 15 is 0 Å². The lowest BCUT2D eigenvalue weighted by Crippen LogP contribution is -2.32. The van der Waals surface area contributed by atoms with Crippen molar-refractivity contribution in [2.24, 2.45) is 23.7 Å². The normalized spacial score (nSPS) is 22.8. The minimum absolute atomic E-state index is 0.204. The first-order chi connectivity index (χ1) is 21.2. The smallest absolute Gasteiger partial charge is 0.329 e. The number of carboxylic acid groups (broad SMARTS) is 1. The molecule has 6 rings (SSSR count). The summed E-state index contributed by atoms with van der Waals surface area (Å²) in [6.07, 6.45) is 4.94. The second kappa shape index (κ2) is 14.7. The van der Waals surface area contributed by atoms with Crippen LogP contribution >= 0.6 is 15.8 Å². The zero-order chi connectivity index (χ0) is 29.4. The van der Waals surface area contributed by atoms with E-state index in [4.69, 9.17) is 14.6 Å². The second-order valence-corrected chi connectivity index (χ2v) is 16.1. The van der Waals surface area contributed by atoms with Gasteiger partial charge in [0.2, 0.25) is 0 Å². The van der Waals surface area contributed by atoms with Gasteiger partial charge in [0.25, 0.3) is 0 Å². The average Bonchev–Trinajstić information content (AvgIpc) is 3.58. The highest BCUT2D eigenvalue weighted by Gasteiger charge is 2.55. The summed E-state index contributed by atoms with van der Waals surface area (Å²) in [5.41, 5.74) is 0. The molecule has 0 heterocycles. The topological polar surface area (TPSA) is 55.8 Å². The predicted molar refractivity (Wildman–Crippen MR) is 179 cm³/mol. The van der Waals surface area contributed by atoms with Crippen LogP contribution in [-0.4, -0.2) is 49.3 Å². The highest BCUT2D eigenvalue weighted by Crippen LogP contribution is 2.59. The molecule has 2 aliphatic carbocycles. The van der Waals surface area contributed by atoms with Gasteiger partial charge in [-0.15, -0.1) is 0 Å². The number of carbonyl (C=O) groups is 1. The Balaban J connectivity index is 1.32. The number of rotatable bonds is 14. The van der Waals surface area contributed by atoms with E-state index in [0.29, 0.717) is 36.9 Å². The summed E-state index contributed by atoms with van der Waals surface area (Å²) in [5, 5.41) is 14.7. The Labute approximate surface area is 258 Å². The lowest BCUT2D eigenvalue weighted by molar-refractivity contribution is -0.143. The van der Waals surface area contributed by atoms with Crippen LogP contribution in [0.4, 0.5) is 0 Å². The van der Waals surface area contributed by atoms with Crippen LogP contribution in [0.15, 0.2) is 121 Å². The Morgan fingerprint density at radius 1 is 0.605 bits per heavy atom. The summed E-state index contributed by atoms with van der Waals surface area (Å²) >= 11 is 0. The summed E-state index contributed by atoms with van der Waals surface area (Å²) in [4.78, 5) is 10.9. The van der Waals surface area contributed by atoms with Crippen LogP contribution in [0.1, 0.15) is 12.8 Å². The molecule has 5 atom stereocenters. The summed E-state index contributed by atoms with van der Waals surface area (Å²) in [6, 6.07) is 44.4. The van der Waals surface area contributed by atoms with E-state index < -0.39 is 21.8 Å². The fourth-order valence-electron chi connectivity index (χ4n) is 7.35. The van der Waals surface area contributed by atoms with E-state index in [1.54, 1.807) is 0 Å². The molecule has 0 aromatic heterocycles. The van der Waals surface area contributed by atoms with Crippen molar-refractivity contribution in [1.29, 1.82) is 0 Å². The Morgan fingerprint density at radius 3 is 1.33 bits per heavy atom. The molecule has 1 unspecified atom stereocenters. The number of ether oxygens (including phenoxy) is 2. The van der Waals surface area contributed by atoms with E-state index in [1.165, 1.54) is 34.1 Å². The van der Waals surface area contributed by atoms with E-state index in [-0.39, 0.29) is 12.7 Å². The summed E-state index contributed by atoms with van der Waals surface area (Å²) < 4.78 is 12.0. The third-order valence-electron chi connectivity index (χ3n) is 9.15. The van der Waals surface area contributed by atoms with Gasteiger partial charge >= 0.3 is 5.97 Å². The molecule has 0 saturated heterocycles. The minimum Gasteiger partial charge on any atom is -0.480 e. The molecule has 4 nitrogen and oxygen atoms in total. The monoisotopic (exact) mass is 610 g/mol. The summed E-state index contributed by atoms with van der Waals surface area (Å²) in [5.74, 6) is 1.21. The van der Waals surface area contributed by atoms with Crippen LogP contribution in [0.3, 0.4) is 0 Å². The van der Waals surface area contributed by atoms with Crippen molar-refractivity contribution in [3.63, 3.8) is 0 Å². The van der Waals surface area contributed by atoms with E-state index in [0.717, 1.165) is 12.3 Å². The van der Waals surface area contributed by atoms with Crippen molar-refractivity contribution >= 4 is 43.0 Å². The SMILES string of the molecule is O=C(O)COCCOC1[C@H]2CC[C@@H]1[C@@H](CP(c1ccccc1)c1ccccc1)[C@@H]2CP(c1ccccc1)c1ccccc1. The molecular weight excluding hydrogens is 570 g/mol. The zero-order valence-electron chi connectivity index (χ0n) is 24.4. The number of aliphatic carboxylic acids is 1. The molecule has 0 radical (unpaired) electrons. The highest BCUT2D eigenvalue weighted by atomic mass is 31.1. The molecule has 0 amide bonds. The lowest BCUT2D eigenvalue weighted by Gasteiger charge is -2.36. The van der Waals surface area contributed by atoms with Gasteiger partial charge in [-0.05, 0) is 85.9 Å². The first-order valence-corrected chi connectivity index (χ1v) is 18.4. The maximum atomic E-state index is 10.9. The van der Waals surface area contributed by atoms with Gasteiger partial charge in [-0.1, -0.05) is 121 Å². The summed E-state index contributed by atoms with van der Waals surface area (Å²) in [7, 11) is -1.03. The van der Waals surface area contributed by atoms with Gasteiger partial charge in [-0.2, -0.15) is 0 Å². The van der Waals surface area contributed by atoms with Gasteiger partial charge in [0, 0.05) is 0 Å². The van der Waals surface area contributed by atoms with Gasteiger partial charge in [0.15, 0.2) is 0 Å². The van der Waals surface area contributed by atoms with Crippen LogP contribution in [0.25, 0.3) is 0 Å². The van der Waals surface area contributed by atoms with Crippen molar-refractivity contribution in [1.82, 2.24) is 0 Å². The molecule has 0 spiro atoms. The van der Waals surface area contributed by atoms with Gasteiger partial charge in [-0.25, -0.2) is 4.79 Å². The first kappa shape index (κ1) is 30.2. The molecule has 43 heavy (non-hydrogen) atoms. The molecule has 4 aromatic carbocycles. The Bertz CT molecular complexity index is 1240. The third kappa shape index (κ3) is 7.27. The number of hydrogen-bond acceptors (Lipinski definition) is 3. The van der Waals surface area contributed by atoms with Crippen LogP contribution in [0, 0.1) is 23.7 Å². The van der Waals surface area contributed by atoms with Crippen molar-refractivity contribution < 1.29 is 19.4 Å². The van der Waals surface area contributed by atoms with Crippen LogP contribution in [0.5, 0.6) is 0 Å². The molecule has 1 N–H and O–H groups in total.